The molecule has 0 saturated carbocycles. The van der Waals surface area contributed by atoms with Crippen molar-refractivity contribution in [1.29, 1.82) is 0 Å². The summed E-state index contributed by atoms with van der Waals surface area (Å²) in [5.41, 5.74) is 0. The predicted octanol–water partition coefficient (Wildman–Crippen LogP) is 2.19. The molecule has 2 nitrogen and oxygen atoms in total. The summed E-state index contributed by atoms with van der Waals surface area (Å²) in [5.74, 6) is 3.90. The molecule has 0 aliphatic carbocycles. The van der Waals surface area contributed by atoms with Crippen molar-refractivity contribution in [2.45, 2.75) is 50.3 Å². The van der Waals surface area contributed by atoms with E-state index in [1.165, 1.54) is 12.8 Å². The van der Waals surface area contributed by atoms with Crippen molar-refractivity contribution in [3.63, 3.8) is 0 Å². The number of amides is 1. The van der Waals surface area contributed by atoms with Crippen LogP contribution in [0.1, 0.15) is 39.0 Å². The number of thioether (sulfide) groups is 1. The summed E-state index contributed by atoms with van der Waals surface area (Å²) < 4.78 is 0. The number of carbonyl (C=O) groups excluding carboxylic acids is 1. The molecular formula is C12H19NOS. The molecule has 3 heteroatoms. The molecular weight excluding hydrogens is 206 g/mol. The van der Waals surface area contributed by atoms with Crippen LogP contribution >= 0.6 is 11.8 Å². The number of hydrogen-bond donors (Lipinski definition) is 1. The quantitative estimate of drug-likeness (QED) is 0.743. The zero-order valence-electron chi connectivity index (χ0n) is 9.29. The first kappa shape index (κ1) is 12.4. The molecule has 1 heterocycles. The largest absolute Gasteiger partial charge is 0.351 e. The normalized spacial score (nSPS) is 22.8. The van der Waals surface area contributed by atoms with Crippen molar-refractivity contribution < 1.29 is 4.79 Å². The SMILES string of the molecule is C#CCC(CC)NC(=O)C1CCCCS1. The van der Waals surface area contributed by atoms with Crippen LogP contribution in [0.3, 0.4) is 0 Å². The Hall–Kier alpha value is -0.620. The summed E-state index contributed by atoms with van der Waals surface area (Å²) in [6, 6.07) is 0.157. The molecule has 15 heavy (non-hydrogen) atoms. The Morgan fingerprint density at radius 1 is 1.67 bits per heavy atom. The fourth-order valence-corrected chi connectivity index (χ4v) is 2.89. The smallest absolute Gasteiger partial charge is 0.233 e. The van der Waals surface area contributed by atoms with Gasteiger partial charge in [-0.2, -0.15) is 0 Å². The van der Waals surface area contributed by atoms with Gasteiger partial charge in [0.15, 0.2) is 0 Å². The van der Waals surface area contributed by atoms with Crippen LogP contribution in [-0.2, 0) is 4.79 Å². The zero-order chi connectivity index (χ0) is 11.1. The Morgan fingerprint density at radius 2 is 2.47 bits per heavy atom. The fraction of sp³-hybridized carbons (Fsp3) is 0.750. The molecule has 1 aliphatic heterocycles. The van der Waals surface area contributed by atoms with Gasteiger partial charge in [0.1, 0.15) is 0 Å². The molecule has 2 atom stereocenters. The van der Waals surface area contributed by atoms with Crippen molar-refractivity contribution in [1.82, 2.24) is 5.32 Å². The average Bonchev–Trinajstić information content (AvgIpc) is 2.29. The lowest BCUT2D eigenvalue weighted by atomic mass is 10.1. The van der Waals surface area contributed by atoms with Crippen LogP contribution in [0.25, 0.3) is 0 Å². The lowest BCUT2D eigenvalue weighted by Crippen LogP contribution is -2.40. The van der Waals surface area contributed by atoms with Crippen LogP contribution < -0.4 is 5.32 Å². The minimum absolute atomic E-state index is 0.157. The maximum Gasteiger partial charge on any atom is 0.233 e. The van der Waals surface area contributed by atoms with E-state index in [9.17, 15) is 4.79 Å². The van der Waals surface area contributed by atoms with E-state index in [1.807, 2.05) is 0 Å². The van der Waals surface area contributed by atoms with E-state index >= 15 is 0 Å². The second kappa shape index (κ2) is 6.79. The third kappa shape index (κ3) is 4.17. The van der Waals surface area contributed by atoms with Gasteiger partial charge < -0.3 is 5.32 Å². The standard InChI is InChI=1S/C12H19NOS/c1-3-7-10(4-2)13-12(14)11-8-5-6-9-15-11/h1,10-11H,4-9H2,2H3,(H,13,14). The van der Waals surface area contributed by atoms with Gasteiger partial charge in [0, 0.05) is 12.5 Å². The van der Waals surface area contributed by atoms with Gasteiger partial charge in [-0.1, -0.05) is 13.3 Å². The van der Waals surface area contributed by atoms with E-state index in [2.05, 4.69) is 18.2 Å². The summed E-state index contributed by atoms with van der Waals surface area (Å²) in [4.78, 5) is 11.8. The molecule has 0 aromatic carbocycles. The third-order valence-electron chi connectivity index (χ3n) is 2.68. The monoisotopic (exact) mass is 225 g/mol. The third-order valence-corrected chi connectivity index (χ3v) is 4.05. The summed E-state index contributed by atoms with van der Waals surface area (Å²) in [7, 11) is 0. The Bertz CT molecular complexity index is 240. The highest BCUT2D eigenvalue weighted by atomic mass is 32.2. The first-order chi connectivity index (χ1) is 7.27. The Balaban J connectivity index is 2.35. The maximum atomic E-state index is 11.8. The topological polar surface area (TPSA) is 29.1 Å². The van der Waals surface area contributed by atoms with Gasteiger partial charge in [-0.25, -0.2) is 0 Å². The lowest BCUT2D eigenvalue weighted by molar-refractivity contribution is -0.121. The molecule has 0 aromatic rings. The number of nitrogens with one attached hydrogen (secondary N) is 1. The minimum atomic E-state index is 0.157. The number of carbonyl (C=O) groups is 1. The van der Waals surface area contributed by atoms with Gasteiger partial charge >= 0.3 is 0 Å². The maximum absolute atomic E-state index is 11.8. The average molecular weight is 225 g/mol. The summed E-state index contributed by atoms with van der Waals surface area (Å²) in [5, 5.41) is 3.19. The predicted molar refractivity (Wildman–Crippen MR) is 65.8 cm³/mol. The molecule has 1 N–H and O–H groups in total. The van der Waals surface area contributed by atoms with E-state index in [-0.39, 0.29) is 17.2 Å². The fourth-order valence-electron chi connectivity index (χ4n) is 1.68. The van der Waals surface area contributed by atoms with Gasteiger partial charge in [0.05, 0.1) is 5.25 Å². The van der Waals surface area contributed by atoms with Crippen molar-refractivity contribution >= 4 is 17.7 Å². The van der Waals surface area contributed by atoms with Gasteiger partial charge in [-0.3, -0.25) is 4.79 Å². The molecule has 1 aliphatic rings. The molecule has 1 saturated heterocycles. The summed E-state index contributed by atoms with van der Waals surface area (Å²) in [6.45, 7) is 2.05. The molecule has 2 unspecified atom stereocenters. The molecule has 1 rings (SSSR count). The van der Waals surface area contributed by atoms with Crippen LogP contribution in [0, 0.1) is 12.3 Å². The van der Waals surface area contributed by atoms with Crippen molar-refractivity contribution in [3.8, 4) is 12.3 Å². The Kier molecular flexibility index (Phi) is 5.63. The minimum Gasteiger partial charge on any atom is -0.351 e. The van der Waals surface area contributed by atoms with Crippen molar-refractivity contribution in [2.24, 2.45) is 0 Å². The van der Waals surface area contributed by atoms with E-state index in [0.717, 1.165) is 18.6 Å². The first-order valence-electron chi connectivity index (χ1n) is 5.63. The zero-order valence-corrected chi connectivity index (χ0v) is 10.1. The van der Waals surface area contributed by atoms with Crippen molar-refractivity contribution in [2.75, 3.05) is 5.75 Å². The van der Waals surface area contributed by atoms with Gasteiger partial charge in [-0.05, 0) is 25.0 Å². The van der Waals surface area contributed by atoms with Crippen LogP contribution in [0.5, 0.6) is 0 Å². The molecule has 1 fully saturated rings. The molecule has 0 aromatic heterocycles. The Labute approximate surface area is 96.6 Å². The van der Waals surface area contributed by atoms with E-state index in [0.29, 0.717) is 6.42 Å². The van der Waals surface area contributed by atoms with Gasteiger partial charge in [0.2, 0.25) is 5.91 Å². The van der Waals surface area contributed by atoms with Crippen LogP contribution in [-0.4, -0.2) is 23.0 Å². The summed E-state index contributed by atoms with van der Waals surface area (Å²) in [6.07, 6.45) is 10.2. The van der Waals surface area contributed by atoms with E-state index in [1.54, 1.807) is 11.8 Å². The first-order valence-corrected chi connectivity index (χ1v) is 6.68. The van der Waals surface area contributed by atoms with Crippen LogP contribution in [0.4, 0.5) is 0 Å². The molecule has 1 amide bonds. The highest BCUT2D eigenvalue weighted by molar-refractivity contribution is 8.00. The lowest BCUT2D eigenvalue weighted by Gasteiger charge is -2.23. The molecule has 84 valence electrons. The summed E-state index contributed by atoms with van der Waals surface area (Å²) >= 11 is 1.78. The highest BCUT2D eigenvalue weighted by Crippen LogP contribution is 2.25. The van der Waals surface area contributed by atoms with Gasteiger partial charge in [-0.15, -0.1) is 24.1 Å². The second-order valence-electron chi connectivity index (χ2n) is 3.88. The van der Waals surface area contributed by atoms with Gasteiger partial charge in [0.25, 0.3) is 0 Å². The highest BCUT2D eigenvalue weighted by Gasteiger charge is 2.22. The second-order valence-corrected chi connectivity index (χ2v) is 5.19. The van der Waals surface area contributed by atoms with Crippen LogP contribution in [0.2, 0.25) is 0 Å². The van der Waals surface area contributed by atoms with E-state index in [4.69, 9.17) is 6.42 Å². The Morgan fingerprint density at radius 3 is 3.00 bits per heavy atom. The van der Waals surface area contributed by atoms with E-state index < -0.39 is 0 Å². The molecule has 0 radical (unpaired) electrons. The van der Waals surface area contributed by atoms with Crippen molar-refractivity contribution in [3.05, 3.63) is 0 Å². The van der Waals surface area contributed by atoms with Crippen LogP contribution in [0.15, 0.2) is 0 Å². The molecule has 0 bridgehead atoms. The molecule has 0 spiro atoms. The number of terminal acetylenes is 1. The number of rotatable bonds is 4. The number of hydrogen-bond acceptors (Lipinski definition) is 2.